The van der Waals surface area contributed by atoms with Gasteiger partial charge in [0.25, 0.3) is 0 Å². The molecule has 2 nitrogen and oxygen atoms in total. The summed E-state index contributed by atoms with van der Waals surface area (Å²) in [6.07, 6.45) is 7.87. The van der Waals surface area contributed by atoms with Crippen LogP contribution in [0.25, 0.3) is 0 Å². The van der Waals surface area contributed by atoms with Crippen molar-refractivity contribution in [2.75, 3.05) is 19.7 Å². The molecular formula is C11H21NO. The van der Waals surface area contributed by atoms with Crippen molar-refractivity contribution in [2.24, 2.45) is 5.92 Å². The molecule has 13 heavy (non-hydrogen) atoms. The Morgan fingerprint density at radius 2 is 2.08 bits per heavy atom. The van der Waals surface area contributed by atoms with E-state index in [4.69, 9.17) is 5.11 Å². The Morgan fingerprint density at radius 3 is 2.69 bits per heavy atom. The van der Waals surface area contributed by atoms with E-state index in [1.807, 2.05) is 0 Å². The van der Waals surface area contributed by atoms with Gasteiger partial charge in [-0.1, -0.05) is 0 Å². The Labute approximate surface area is 80.9 Å². The molecule has 1 saturated carbocycles. The second-order valence-electron chi connectivity index (χ2n) is 4.61. The number of fused-ring (bicyclic) bond motifs is 2. The molecule has 2 fully saturated rings. The molecule has 1 saturated heterocycles. The summed E-state index contributed by atoms with van der Waals surface area (Å²) in [5, 5.41) is 8.65. The van der Waals surface area contributed by atoms with Gasteiger partial charge in [0.15, 0.2) is 0 Å². The molecule has 2 heteroatoms. The molecule has 0 radical (unpaired) electrons. The Hall–Kier alpha value is -0.0800. The van der Waals surface area contributed by atoms with Gasteiger partial charge in [0.1, 0.15) is 0 Å². The normalized spacial score (nSPS) is 33.0. The van der Waals surface area contributed by atoms with Crippen molar-refractivity contribution >= 4 is 0 Å². The minimum atomic E-state index is 0.367. The van der Waals surface area contributed by atoms with E-state index in [1.54, 1.807) is 0 Å². The van der Waals surface area contributed by atoms with Crippen molar-refractivity contribution in [1.82, 2.24) is 4.90 Å². The smallest absolute Gasteiger partial charge is 0.0431 e. The first-order chi connectivity index (χ1) is 6.40. The molecule has 0 spiro atoms. The van der Waals surface area contributed by atoms with Crippen molar-refractivity contribution in [3.05, 3.63) is 0 Å². The maximum Gasteiger partial charge on any atom is 0.0431 e. The molecule has 2 aliphatic rings. The van der Waals surface area contributed by atoms with E-state index in [2.05, 4.69) is 4.90 Å². The molecule has 2 atom stereocenters. The number of hydrogen-bond acceptors (Lipinski definition) is 2. The van der Waals surface area contributed by atoms with Gasteiger partial charge >= 0.3 is 0 Å². The minimum absolute atomic E-state index is 0.367. The highest BCUT2D eigenvalue weighted by molar-refractivity contribution is 4.91. The third-order valence-electron chi connectivity index (χ3n) is 3.63. The number of likely N-dealkylation sites (tertiary alicyclic amines) is 1. The SMILES string of the molecule is OCCCCCN1CC2CCC1C2. The highest BCUT2D eigenvalue weighted by Gasteiger charge is 2.36. The van der Waals surface area contributed by atoms with Gasteiger partial charge in [-0.25, -0.2) is 0 Å². The van der Waals surface area contributed by atoms with Crippen LogP contribution in [0.3, 0.4) is 0 Å². The van der Waals surface area contributed by atoms with Gasteiger partial charge in [-0.05, 0) is 51.0 Å². The molecular weight excluding hydrogens is 162 g/mol. The maximum atomic E-state index is 8.65. The molecule has 2 unspecified atom stereocenters. The highest BCUT2D eigenvalue weighted by atomic mass is 16.2. The third-order valence-corrected chi connectivity index (χ3v) is 3.63. The molecule has 2 bridgehead atoms. The van der Waals surface area contributed by atoms with Gasteiger partial charge in [0.05, 0.1) is 0 Å². The Balaban J connectivity index is 1.60. The second kappa shape index (κ2) is 4.43. The van der Waals surface area contributed by atoms with Gasteiger partial charge in [-0.15, -0.1) is 0 Å². The summed E-state index contributed by atoms with van der Waals surface area (Å²) in [4.78, 5) is 2.67. The average Bonchev–Trinajstić information content (AvgIpc) is 2.73. The van der Waals surface area contributed by atoms with E-state index in [0.717, 1.165) is 18.4 Å². The lowest BCUT2D eigenvalue weighted by molar-refractivity contribution is 0.205. The number of unbranched alkanes of at least 4 members (excludes halogenated alkanes) is 2. The van der Waals surface area contributed by atoms with Crippen LogP contribution in [0, 0.1) is 5.92 Å². The van der Waals surface area contributed by atoms with E-state index in [9.17, 15) is 0 Å². The standard InChI is InChI=1S/C11H21NO/c13-7-3-1-2-6-12-9-10-4-5-11(12)8-10/h10-11,13H,1-9H2. The number of rotatable bonds is 5. The lowest BCUT2D eigenvalue weighted by Crippen LogP contribution is -2.32. The van der Waals surface area contributed by atoms with Crippen LogP contribution < -0.4 is 0 Å². The predicted molar refractivity (Wildman–Crippen MR) is 53.6 cm³/mol. The molecule has 2 rings (SSSR count). The molecule has 0 amide bonds. The summed E-state index contributed by atoms with van der Waals surface area (Å²) in [5.74, 6) is 1.03. The molecule has 0 aromatic carbocycles. The van der Waals surface area contributed by atoms with E-state index >= 15 is 0 Å². The molecule has 1 aliphatic heterocycles. The van der Waals surface area contributed by atoms with E-state index in [1.165, 1.54) is 45.2 Å². The number of aliphatic hydroxyl groups excluding tert-OH is 1. The first kappa shape index (κ1) is 9.47. The average molecular weight is 183 g/mol. The largest absolute Gasteiger partial charge is 0.396 e. The number of piperidine rings is 1. The molecule has 0 aromatic rings. The lowest BCUT2D eigenvalue weighted by atomic mass is 10.1. The van der Waals surface area contributed by atoms with Gasteiger partial charge in [0, 0.05) is 19.2 Å². The van der Waals surface area contributed by atoms with Gasteiger partial charge in [-0.3, -0.25) is 0 Å². The molecule has 76 valence electrons. The summed E-state index contributed by atoms with van der Waals surface area (Å²) in [5.41, 5.74) is 0. The summed E-state index contributed by atoms with van der Waals surface area (Å²) in [6, 6.07) is 0.930. The zero-order valence-corrected chi connectivity index (χ0v) is 8.41. The first-order valence-electron chi connectivity index (χ1n) is 5.75. The Morgan fingerprint density at radius 1 is 1.15 bits per heavy atom. The fraction of sp³-hybridized carbons (Fsp3) is 1.00. The third kappa shape index (κ3) is 2.23. The van der Waals surface area contributed by atoms with Gasteiger partial charge in [0.2, 0.25) is 0 Å². The fourth-order valence-corrected chi connectivity index (χ4v) is 2.90. The van der Waals surface area contributed by atoms with Crippen LogP contribution in [0.2, 0.25) is 0 Å². The van der Waals surface area contributed by atoms with E-state index in [0.29, 0.717) is 6.61 Å². The van der Waals surface area contributed by atoms with Gasteiger partial charge < -0.3 is 10.0 Å². The quantitative estimate of drug-likeness (QED) is 0.655. The van der Waals surface area contributed by atoms with E-state index in [-0.39, 0.29) is 0 Å². The summed E-state index contributed by atoms with van der Waals surface area (Å²) in [7, 11) is 0. The van der Waals surface area contributed by atoms with Crippen LogP contribution in [0.4, 0.5) is 0 Å². The Kier molecular flexibility index (Phi) is 3.23. The number of nitrogens with zero attached hydrogens (tertiary/aromatic N) is 1. The van der Waals surface area contributed by atoms with E-state index < -0.39 is 0 Å². The monoisotopic (exact) mass is 183 g/mol. The van der Waals surface area contributed by atoms with Crippen LogP contribution in [0.15, 0.2) is 0 Å². The zero-order valence-electron chi connectivity index (χ0n) is 8.41. The van der Waals surface area contributed by atoms with Crippen LogP contribution in [0.1, 0.15) is 38.5 Å². The molecule has 1 aliphatic carbocycles. The number of hydrogen-bond donors (Lipinski definition) is 1. The van der Waals surface area contributed by atoms with Crippen LogP contribution >= 0.6 is 0 Å². The number of aliphatic hydroxyl groups is 1. The fourth-order valence-electron chi connectivity index (χ4n) is 2.90. The first-order valence-corrected chi connectivity index (χ1v) is 5.75. The summed E-state index contributed by atoms with van der Waals surface area (Å²) in [6.45, 7) is 3.01. The van der Waals surface area contributed by atoms with Crippen molar-refractivity contribution in [2.45, 2.75) is 44.6 Å². The summed E-state index contributed by atoms with van der Waals surface area (Å²) < 4.78 is 0. The molecule has 0 aromatic heterocycles. The zero-order chi connectivity index (χ0) is 9.10. The topological polar surface area (TPSA) is 23.5 Å². The van der Waals surface area contributed by atoms with Gasteiger partial charge in [-0.2, -0.15) is 0 Å². The summed E-state index contributed by atoms with van der Waals surface area (Å²) >= 11 is 0. The predicted octanol–water partition coefficient (Wildman–Crippen LogP) is 1.63. The van der Waals surface area contributed by atoms with Crippen molar-refractivity contribution < 1.29 is 5.11 Å². The van der Waals surface area contributed by atoms with Crippen LogP contribution in [-0.2, 0) is 0 Å². The Bertz CT molecular complexity index is 160. The second-order valence-corrected chi connectivity index (χ2v) is 4.61. The van der Waals surface area contributed by atoms with Crippen molar-refractivity contribution in [3.63, 3.8) is 0 Å². The van der Waals surface area contributed by atoms with Crippen molar-refractivity contribution in [3.8, 4) is 0 Å². The lowest BCUT2D eigenvalue weighted by Gasteiger charge is -2.26. The van der Waals surface area contributed by atoms with Crippen LogP contribution in [0.5, 0.6) is 0 Å². The molecule has 1 N–H and O–H groups in total. The maximum absolute atomic E-state index is 8.65. The molecule has 1 heterocycles. The van der Waals surface area contributed by atoms with Crippen LogP contribution in [-0.4, -0.2) is 35.7 Å². The highest BCUT2D eigenvalue weighted by Crippen LogP contribution is 2.37. The van der Waals surface area contributed by atoms with Crippen molar-refractivity contribution in [1.29, 1.82) is 0 Å². The minimum Gasteiger partial charge on any atom is -0.396 e.